The van der Waals surface area contributed by atoms with Crippen molar-refractivity contribution >= 4 is 16.6 Å². The number of hydrogen-bond acceptors (Lipinski definition) is 6. The number of nitrogens with zero attached hydrogens (tertiary/aromatic N) is 4. The maximum absolute atomic E-state index is 14.8. The van der Waals surface area contributed by atoms with Gasteiger partial charge >= 0.3 is 6.18 Å². The Morgan fingerprint density at radius 3 is 2.51 bits per heavy atom. The third kappa shape index (κ3) is 4.58. The minimum Gasteiger partial charge on any atom is -0.381 e. The lowest BCUT2D eigenvalue weighted by Gasteiger charge is -2.39. The molecule has 1 spiro atoms. The zero-order valence-corrected chi connectivity index (χ0v) is 20.4. The van der Waals surface area contributed by atoms with E-state index in [1.165, 1.54) is 37.0 Å². The van der Waals surface area contributed by atoms with Gasteiger partial charge in [-0.3, -0.25) is 9.59 Å². The van der Waals surface area contributed by atoms with E-state index in [2.05, 4.69) is 10.4 Å². The summed E-state index contributed by atoms with van der Waals surface area (Å²) in [7, 11) is 1.40. The molecule has 2 saturated heterocycles. The second-order valence-electron chi connectivity index (χ2n) is 9.89. The number of pyridine rings is 1. The van der Waals surface area contributed by atoms with E-state index in [9.17, 15) is 27.2 Å². The van der Waals surface area contributed by atoms with Crippen molar-refractivity contribution < 1.29 is 22.3 Å². The fourth-order valence-corrected chi connectivity index (χ4v) is 5.25. The molecule has 1 N–H and O–H groups in total. The lowest BCUT2D eigenvalue weighted by molar-refractivity contribution is -0.140. The molecule has 2 aliphatic heterocycles. The van der Waals surface area contributed by atoms with E-state index < -0.39 is 29.2 Å². The fraction of sp³-hybridized carbons (Fsp3) is 0.480. The zero-order chi connectivity index (χ0) is 26.5. The molecule has 198 valence electrons. The topological polar surface area (TPSA) is 81.4 Å². The van der Waals surface area contributed by atoms with Crippen LogP contribution in [0, 0.1) is 11.2 Å². The second-order valence-corrected chi connectivity index (χ2v) is 9.89. The summed E-state index contributed by atoms with van der Waals surface area (Å²) in [5.74, 6) is -1.23. The van der Waals surface area contributed by atoms with Crippen LogP contribution in [0.3, 0.4) is 0 Å². The maximum atomic E-state index is 14.8. The molecule has 2 aliphatic rings. The van der Waals surface area contributed by atoms with Crippen LogP contribution in [-0.4, -0.2) is 40.8 Å². The van der Waals surface area contributed by atoms with E-state index in [1.54, 1.807) is 0 Å². The average molecular weight is 522 g/mol. The van der Waals surface area contributed by atoms with E-state index in [0.29, 0.717) is 31.1 Å². The summed E-state index contributed by atoms with van der Waals surface area (Å²) in [4.78, 5) is 25.8. The highest BCUT2D eigenvalue weighted by Crippen LogP contribution is 2.39. The molecule has 0 aliphatic carbocycles. The number of piperidine rings is 1. The van der Waals surface area contributed by atoms with Gasteiger partial charge in [0.25, 0.3) is 11.1 Å². The molecule has 1 aromatic carbocycles. The van der Waals surface area contributed by atoms with Crippen LogP contribution in [-0.2, 0) is 18.0 Å². The van der Waals surface area contributed by atoms with Crippen LogP contribution in [0.1, 0.15) is 43.4 Å². The Bertz CT molecular complexity index is 1450. The third-order valence-corrected chi connectivity index (χ3v) is 7.51. The highest BCUT2D eigenvalue weighted by molar-refractivity contribution is 5.90. The Labute approximate surface area is 209 Å². The molecule has 0 saturated carbocycles. The normalized spacial score (nSPS) is 18.5. The molecular weight excluding hydrogens is 494 g/mol. The molecule has 0 radical (unpaired) electrons. The number of halogens is 4. The number of nitrogens with one attached hydrogen (secondary N) is 1. The number of fused-ring (bicyclic) bond motifs is 1. The van der Waals surface area contributed by atoms with Crippen molar-refractivity contribution in [1.29, 1.82) is 0 Å². The predicted octanol–water partition coefficient (Wildman–Crippen LogP) is 3.56. The predicted molar refractivity (Wildman–Crippen MR) is 130 cm³/mol. The monoisotopic (exact) mass is 521 g/mol. The van der Waals surface area contributed by atoms with Crippen LogP contribution < -0.4 is 21.4 Å². The summed E-state index contributed by atoms with van der Waals surface area (Å²) in [6, 6.07) is 3.40. The summed E-state index contributed by atoms with van der Waals surface area (Å²) in [5.41, 5.74) is -2.31. The van der Waals surface area contributed by atoms with E-state index in [0.717, 1.165) is 36.6 Å². The highest BCUT2D eigenvalue weighted by Gasteiger charge is 2.38. The quantitative estimate of drug-likeness (QED) is 0.529. The Morgan fingerprint density at radius 2 is 1.86 bits per heavy atom. The van der Waals surface area contributed by atoms with E-state index in [4.69, 9.17) is 4.74 Å². The van der Waals surface area contributed by atoms with Gasteiger partial charge in [0.2, 0.25) is 0 Å². The number of rotatable bonds is 4. The van der Waals surface area contributed by atoms with Crippen LogP contribution >= 0.6 is 0 Å². The minimum atomic E-state index is -4.84. The fourth-order valence-electron chi connectivity index (χ4n) is 5.25. The SMILES string of the molecule is C[C@@H](Nc1nn(C)c(=O)c2cc(=O)n(N3CCC4(CCOC4)CC3)cc12)c1cccc(C(F)(F)F)c1F. The summed E-state index contributed by atoms with van der Waals surface area (Å²) >= 11 is 0. The number of alkyl halides is 3. The van der Waals surface area contributed by atoms with Crippen LogP contribution in [0.15, 0.2) is 40.1 Å². The molecule has 5 rings (SSSR count). The molecule has 2 fully saturated rings. The largest absolute Gasteiger partial charge is 0.419 e. The van der Waals surface area contributed by atoms with E-state index >= 15 is 0 Å². The first kappa shape index (κ1) is 25.2. The van der Waals surface area contributed by atoms with Crippen molar-refractivity contribution in [3.8, 4) is 0 Å². The van der Waals surface area contributed by atoms with Crippen molar-refractivity contribution in [3.63, 3.8) is 0 Å². The first-order valence-electron chi connectivity index (χ1n) is 12.1. The molecule has 0 amide bonds. The van der Waals surface area contributed by atoms with Crippen molar-refractivity contribution in [3.05, 3.63) is 68.1 Å². The Kier molecular flexibility index (Phi) is 6.25. The number of hydrogen-bond donors (Lipinski definition) is 1. The first-order valence-corrected chi connectivity index (χ1v) is 12.1. The molecule has 4 heterocycles. The lowest BCUT2D eigenvalue weighted by Crippen LogP contribution is -2.49. The van der Waals surface area contributed by atoms with Crippen LogP contribution in [0.4, 0.5) is 23.4 Å². The van der Waals surface area contributed by atoms with E-state index in [1.807, 2.05) is 5.01 Å². The average Bonchev–Trinajstić information content (AvgIpc) is 3.30. The Balaban J connectivity index is 1.51. The molecule has 0 unspecified atom stereocenters. The van der Waals surface area contributed by atoms with Crippen LogP contribution in [0.5, 0.6) is 0 Å². The summed E-state index contributed by atoms with van der Waals surface area (Å²) in [6.07, 6.45) is -0.597. The van der Waals surface area contributed by atoms with Gasteiger partial charge in [-0.1, -0.05) is 12.1 Å². The smallest absolute Gasteiger partial charge is 0.381 e. The van der Waals surface area contributed by atoms with Gasteiger partial charge < -0.3 is 15.1 Å². The van der Waals surface area contributed by atoms with Gasteiger partial charge in [0, 0.05) is 44.6 Å². The Morgan fingerprint density at radius 1 is 1.14 bits per heavy atom. The first-order chi connectivity index (χ1) is 17.5. The summed E-state index contributed by atoms with van der Waals surface area (Å²) in [5, 5.41) is 9.51. The van der Waals surface area contributed by atoms with Gasteiger partial charge in [-0.2, -0.15) is 18.3 Å². The van der Waals surface area contributed by atoms with Gasteiger partial charge in [0.15, 0.2) is 5.82 Å². The van der Waals surface area contributed by atoms with Crippen LogP contribution in [0.2, 0.25) is 0 Å². The zero-order valence-electron chi connectivity index (χ0n) is 20.4. The van der Waals surface area contributed by atoms with Gasteiger partial charge in [-0.15, -0.1) is 0 Å². The number of anilines is 1. The Hall–Kier alpha value is -3.41. The molecule has 0 bridgehead atoms. The highest BCUT2D eigenvalue weighted by atomic mass is 19.4. The number of aromatic nitrogens is 3. The molecule has 3 aromatic rings. The second kappa shape index (κ2) is 9.16. The molecule has 12 heteroatoms. The number of benzene rings is 1. The van der Waals surface area contributed by atoms with Gasteiger partial charge in [0.1, 0.15) is 5.82 Å². The van der Waals surface area contributed by atoms with E-state index in [-0.39, 0.29) is 27.7 Å². The minimum absolute atomic E-state index is 0.107. The third-order valence-electron chi connectivity index (χ3n) is 7.51. The van der Waals surface area contributed by atoms with Crippen molar-refractivity contribution in [1.82, 2.24) is 14.5 Å². The van der Waals surface area contributed by atoms with Gasteiger partial charge in [-0.25, -0.2) is 13.7 Å². The number of aryl methyl sites for hydroxylation is 1. The van der Waals surface area contributed by atoms with Crippen LogP contribution in [0.25, 0.3) is 10.8 Å². The van der Waals surface area contributed by atoms with Crippen molar-refractivity contribution in [2.24, 2.45) is 12.5 Å². The van der Waals surface area contributed by atoms with Crippen molar-refractivity contribution in [2.75, 3.05) is 36.6 Å². The van der Waals surface area contributed by atoms with Crippen molar-refractivity contribution in [2.45, 2.75) is 38.4 Å². The molecular formula is C25H27F4N5O3. The molecule has 1 atom stereocenters. The number of ether oxygens (including phenoxy) is 1. The standard InChI is InChI=1S/C25H27F4N5O3/c1-15(16-4-3-5-19(21(16)26)25(27,28)29)30-22-18-13-34(20(35)12-17(18)23(36)32(2)31-22)33-9-6-24(7-10-33)8-11-37-14-24/h3-5,12-13,15H,6-11,14H2,1-2H3,(H,30,31)/t15-/m1/s1. The molecule has 37 heavy (non-hydrogen) atoms. The summed E-state index contributed by atoms with van der Waals surface area (Å²) in [6.45, 7) is 4.21. The maximum Gasteiger partial charge on any atom is 0.419 e. The van der Waals surface area contributed by atoms with Gasteiger partial charge in [-0.05, 0) is 37.7 Å². The molecule has 8 nitrogen and oxygen atoms in total. The summed E-state index contributed by atoms with van der Waals surface area (Å²) < 4.78 is 62.5. The molecule has 2 aromatic heterocycles. The van der Waals surface area contributed by atoms with Gasteiger partial charge in [0.05, 0.1) is 29.0 Å². The lowest BCUT2D eigenvalue weighted by atomic mass is 9.78.